The zero-order valence-corrected chi connectivity index (χ0v) is 9.43. The molecule has 1 N–H and O–H groups in total. The summed E-state index contributed by atoms with van der Waals surface area (Å²) < 4.78 is 5.32. The standard InChI is InChI=1S/C12H17NO3/c1-9(15)10-4-5-13(6-10)7-11-2-3-12(8-14)16-11/h2-3,8-10,15H,4-7H2,1H3. The van der Waals surface area contributed by atoms with E-state index in [4.69, 9.17) is 4.42 Å². The molecule has 0 radical (unpaired) electrons. The molecule has 0 spiro atoms. The van der Waals surface area contributed by atoms with Gasteiger partial charge in [-0.3, -0.25) is 9.69 Å². The van der Waals surface area contributed by atoms with E-state index in [-0.39, 0.29) is 6.10 Å². The van der Waals surface area contributed by atoms with Crippen LogP contribution in [-0.2, 0) is 6.54 Å². The largest absolute Gasteiger partial charge is 0.457 e. The van der Waals surface area contributed by atoms with Crippen LogP contribution in [0.15, 0.2) is 16.5 Å². The fourth-order valence-electron chi connectivity index (χ4n) is 2.16. The van der Waals surface area contributed by atoms with E-state index in [1.165, 1.54) is 0 Å². The highest BCUT2D eigenvalue weighted by atomic mass is 16.3. The lowest BCUT2D eigenvalue weighted by Crippen LogP contribution is -2.23. The number of rotatable bonds is 4. The quantitative estimate of drug-likeness (QED) is 0.782. The number of hydrogen-bond donors (Lipinski definition) is 1. The van der Waals surface area contributed by atoms with Gasteiger partial charge in [0.05, 0.1) is 12.6 Å². The number of likely N-dealkylation sites (tertiary alicyclic amines) is 1. The molecule has 1 aliphatic rings. The number of hydrogen-bond acceptors (Lipinski definition) is 4. The van der Waals surface area contributed by atoms with E-state index >= 15 is 0 Å². The molecule has 1 aliphatic heterocycles. The average molecular weight is 223 g/mol. The molecule has 4 heteroatoms. The van der Waals surface area contributed by atoms with Crippen LogP contribution in [0, 0.1) is 5.92 Å². The van der Waals surface area contributed by atoms with Crippen molar-refractivity contribution < 1.29 is 14.3 Å². The molecular weight excluding hydrogens is 206 g/mol. The van der Waals surface area contributed by atoms with Gasteiger partial charge in [0, 0.05) is 6.54 Å². The maximum absolute atomic E-state index is 10.5. The monoisotopic (exact) mass is 223 g/mol. The lowest BCUT2D eigenvalue weighted by atomic mass is 10.0. The van der Waals surface area contributed by atoms with Crippen LogP contribution in [0.25, 0.3) is 0 Å². The highest BCUT2D eigenvalue weighted by Gasteiger charge is 2.26. The van der Waals surface area contributed by atoms with E-state index in [0.29, 0.717) is 18.0 Å². The van der Waals surface area contributed by atoms with Crippen LogP contribution >= 0.6 is 0 Å². The van der Waals surface area contributed by atoms with Crippen molar-refractivity contribution >= 4 is 6.29 Å². The van der Waals surface area contributed by atoms with Gasteiger partial charge in [0.2, 0.25) is 0 Å². The average Bonchev–Trinajstić information content (AvgIpc) is 2.87. The molecule has 0 saturated carbocycles. The van der Waals surface area contributed by atoms with E-state index in [1.54, 1.807) is 6.07 Å². The molecule has 2 rings (SSSR count). The highest BCUT2D eigenvalue weighted by Crippen LogP contribution is 2.21. The normalized spacial score (nSPS) is 23.5. The van der Waals surface area contributed by atoms with Gasteiger partial charge < -0.3 is 9.52 Å². The van der Waals surface area contributed by atoms with Gasteiger partial charge in [0.25, 0.3) is 0 Å². The summed E-state index contributed by atoms with van der Waals surface area (Å²) in [5.41, 5.74) is 0. The molecule has 88 valence electrons. The van der Waals surface area contributed by atoms with Crippen molar-refractivity contribution in [3.05, 3.63) is 23.7 Å². The Bertz CT molecular complexity index is 359. The number of carbonyl (C=O) groups is 1. The molecule has 1 fully saturated rings. The molecule has 1 saturated heterocycles. The zero-order chi connectivity index (χ0) is 11.5. The van der Waals surface area contributed by atoms with Crippen molar-refractivity contribution in [2.75, 3.05) is 13.1 Å². The molecule has 0 aromatic carbocycles. The summed E-state index contributed by atoms with van der Waals surface area (Å²) in [6.45, 7) is 4.43. The van der Waals surface area contributed by atoms with Gasteiger partial charge in [0.15, 0.2) is 12.0 Å². The smallest absolute Gasteiger partial charge is 0.185 e. The Morgan fingerprint density at radius 1 is 1.69 bits per heavy atom. The summed E-state index contributed by atoms with van der Waals surface area (Å²) in [4.78, 5) is 12.7. The van der Waals surface area contributed by atoms with Gasteiger partial charge in [-0.2, -0.15) is 0 Å². The minimum atomic E-state index is -0.243. The summed E-state index contributed by atoms with van der Waals surface area (Å²) in [6, 6.07) is 3.52. The SMILES string of the molecule is CC(O)C1CCN(Cc2ccc(C=O)o2)C1. The van der Waals surface area contributed by atoms with E-state index in [1.807, 2.05) is 13.0 Å². The van der Waals surface area contributed by atoms with Gasteiger partial charge in [-0.1, -0.05) is 0 Å². The van der Waals surface area contributed by atoms with E-state index < -0.39 is 0 Å². The first kappa shape index (κ1) is 11.4. The fourth-order valence-corrected chi connectivity index (χ4v) is 2.16. The highest BCUT2D eigenvalue weighted by molar-refractivity contribution is 5.70. The van der Waals surface area contributed by atoms with Gasteiger partial charge in [0.1, 0.15) is 5.76 Å². The van der Waals surface area contributed by atoms with Crippen molar-refractivity contribution in [2.45, 2.75) is 26.0 Å². The summed E-state index contributed by atoms with van der Waals surface area (Å²) in [7, 11) is 0. The molecule has 1 aromatic rings. The zero-order valence-electron chi connectivity index (χ0n) is 9.43. The number of carbonyl (C=O) groups excluding carboxylic acids is 1. The van der Waals surface area contributed by atoms with Gasteiger partial charge in [-0.25, -0.2) is 0 Å². The molecule has 4 nitrogen and oxygen atoms in total. The maximum Gasteiger partial charge on any atom is 0.185 e. The second-order valence-corrected chi connectivity index (χ2v) is 4.45. The van der Waals surface area contributed by atoms with E-state index in [0.717, 1.165) is 31.8 Å². The van der Waals surface area contributed by atoms with Crippen LogP contribution in [0.3, 0.4) is 0 Å². The van der Waals surface area contributed by atoms with Crippen molar-refractivity contribution in [3.63, 3.8) is 0 Å². The van der Waals surface area contributed by atoms with Crippen LogP contribution in [0.4, 0.5) is 0 Å². The number of aliphatic hydroxyl groups excluding tert-OH is 1. The molecular formula is C12H17NO3. The first-order valence-electron chi connectivity index (χ1n) is 5.63. The van der Waals surface area contributed by atoms with Crippen molar-refractivity contribution in [1.82, 2.24) is 4.90 Å². The Labute approximate surface area is 94.9 Å². The molecule has 0 aliphatic carbocycles. The third kappa shape index (κ3) is 2.51. The molecule has 2 unspecified atom stereocenters. The first-order chi connectivity index (χ1) is 7.69. The maximum atomic E-state index is 10.5. The van der Waals surface area contributed by atoms with Crippen LogP contribution < -0.4 is 0 Å². The van der Waals surface area contributed by atoms with Crippen molar-refractivity contribution in [1.29, 1.82) is 0 Å². The number of aliphatic hydroxyl groups is 1. The lowest BCUT2D eigenvalue weighted by Gasteiger charge is -2.15. The van der Waals surface area contributed by atoms with Crippen LogP contribution in [0.1, 0.15) is 29.7 Å². The van der Waals surface area contributed by atoms with Crippen LogP contribution in [-0.4, -0.2) is 35.5 Å². The summed E-state index contributed by atoms with van der Waals surface area (Å²) in [5.74, 6) is 1.55. The molecule has 2 atom stereocenters. The van der Waals surface area contributed by atoms with E-state index in [2.05, 4.69) is 4.90 Å². The number of furan rings is 1. The Balaban J connectivity index is 1.89. The summed E-state index contributed by atoms with van der Waals surface area (Å²) >= 11 is 0. The van der Waals surface area contributed by atoms with Crippen LogP contribution in [0.2, 0.25) is 0 Å². The number of aldehydes is 1. The lowest BCUT2D eigenvalue weighted by molar-refractivity contribution is 0.109. The first-order valence-corrected chi connectivity index (χ1v) is 5.63. The van der Waals surface area contributed by atoms with Crippen molar-refractivity contribution in [3.8, 4) is 0 Å². The van der Waals surface area contributed by atoms with Crippen LogP contribution in [0.5, 0.6) is 0 Å². The Morgan fingerprint density at radius 3 is 3.06 bits per heavy atom. The molecule has 16 heavy (non-hydrogen) atoms. The molecule has 1 aromatic heterocycles. The minimum absolute atomic E-state index is 0.243. The Kier molecular flexibility index (Phi) is 3.41. The minimum Gasteiger partial charge on any atom is -0.457 e. The van der Waals surface area contributed by atoms with Gasteiger partial charge in [-0.15, -0.1) is 0 Å². The molecule has 2 heterocycles. The third-order valence-corrected chi connectivity index (χ3v) is 3.17. The Hall–Kier alpha value is -1.13. The fraction of sp³-hybridized carbons (Fsp3) is 0.583. The van der Waals surface area contributed by atoms with Gasteiger partial charge in [-0.05, 0) is 37.9 Å². The summed E-state index contributed by atoms with van der Waals surface area (Å²) in [6.07, 6.45) is 1.50. The third-order valence-electron chi connectivity index (χ3n) is 3.17. The van der Waals surface area contributed by atoms with E-state index in [9.17, 15) is 9.90 Å². The number of nitrogens with zero attached hydrogens (tertiary/aromatic N) is 1. The topological polar surface area (TPSA) is 53.7 Å². The predicted molar refractivity (Wildman–Crippen MR) is 59.2 cm³/mol. The second-order valence-electron chi connectivity index (χ2n) is 4.45. The molecule has 0 bridgehead atoms. The predicted octanol–water partition coefficient (Wildman–Crippen LogP) is 1.29. The Morgan fingerprint density at radius 2 is 2.50 bits per heavy atom. The second kappa shape index (κ2) is 4.80. The van der Waals surface area contributed by atoms with Gasteiger partial charge >= 0.3 is 0 Å². The van der Waals surface area contributed by atoms with Crippen molar-refractivity contribution in [2.24, 2.45) is 5.92 Å². The summed E-state index contributed by atoms with van der Waals surface area (Å²) in [5, 5.41) is 9.48. The molecule has 0 amide bonds.